The van der Waals surface area contributed by atoms with Gasteiger partial charge in [0, 0.05) is 0 Å². The van der Waals surface area contributed by atoms with Crippen LogP contribution in [0, 0.1) is 24.4 Å². The lowest BCUT2D eigenvalue weighted by atomic mass is 10.1. The van der Waals surface area contributed by atoms with Crippen molar-refractivity contribution in [3.63, 3.8) is 0 Å². The summed E-state index contributed by atoms with van der Waals surface area (Å²) in [7, 11) is 0. The van der Waals surface area contributed by atoms with Crippen molar-refractivity contribution >= 4 is 17.5 Å². The SMILES string of the molecule is Cc1nc(C(F)(F)F)ccc1C(=O)NCC(=O)Nc1ccc(F)c(F)c1F. The normalized spacial score (nSPS) is 11.2. The maximum Gasteiger partial charge on any atom is 0.433 e. The van der Waals surface area contributed by atoms with Crippen LogP contribution in [-0.4, -0.2) is 23.3 Å². The highest BCUT2D eigenvalue weighted by molar-refractivity contribution is 5.99. The Kier molecular flexibility index (Phi) is 5.72. The minimum Gasteiger partial charge on any atom is -0.343 e. The maximum absolute atomic E-state index is 13.5. The average molecular weight is 391 g/mol. The Balaban J connectivity index is 2.01. The first kappa shape index (κ1) is 20.2. The third kappa shape index (κ3) is 4.74. The number of carbonyl (C=O) groups excluding carboxylic acids is 2. The summed E-state index contributed by atoms with van der Waals surface area (Å²) in [6, 6.07) is 2.90. The molecule has 2 rings (SSSR count). The van der Waals surface area contributed by atoms with Gasteiger partial charge >= 0.3 is 6.18 Å². The third-order valence-electron chi connectivity index (χ3n) is 3.34. The number of hydrogen-bond donors (Lipinski definition) is 2. The van der Waals surface area contributed by atoms with Gasteiger partial charge in [0.05, 0.1) is 23.5 Å². The van der Waals surface area contributed by atoms with Gasteiger partial charge in [0.25, 0.3) is 5.91 Å². The molecule has 0 atom stereocenters. The van der Waals surface area contributed by atoms with Gasteiger partial charge in [-0.1, -0.05) is 0 Å². The second-order valence-corrected chi connectivity index (χ2v) is 5.28. The van der Waals surface area contributed by atoms with Crippen molar-refractivity contribution in [3.05, 3.63) is 58.7 Å². The van der Waals surface area contributed by atoms with E-state index in [1.807, 2.05) is 5.32 Å². The number of rotatable bonds is 4. The molecule has 1 aromatic heterocycles. The number of hydrogen-bond acceptors (Lipinski definition) is 3. The number of benzene rings is 1. The van der Waals surface area contributed by atoms with Gasteiger partial charge in [0.15, 0.2) is 17.5 Å². The molecule has 0 fully saturated rings. The molecule has 0 saturated heterocycles. The third-order valence-corrected chi connectivity index (χ3v) is 3.34. The quantitative estimate of drug-likeness (QED) is 0.621. The van der Waals surface area contributed by atoms with Crippen LogP contribution < -0.4 is 10.6 Å². The molecule has 0 aliphatic heterocycles. The van der Waals surface area contributed by atoms with Crippen molar-refractivity contribution < 1.29 is 35.9 Å². The minimum absolute atomic E-state index is 0.199. The van der Waals surface area contributed by atoms with Crippen LogP contribution in [0.25, 0.3) is 0 Å². The summed E-state index contributed by atoms with van der Waals surface area (Å²) in [5.41, 5.74) is -2.23. The second-order valence-electron chi connectivity index (χ2n) is 5.28. The van der Waals surface area contributed by atoms with Gasteiger partial charge in [0.2, 0.25) is 5.91 Å². The molecule has 1 heterocycles. The summed E-state index contributed by atoms with van der Waals surface area (Å²) in [4.78, 5) is 26.9. The summed E-state index contributed by atoms with van der Waals surface area (Å²) in [6.07, 6.45) is -4.67. The maximum atomic E-state index is 13.5. The van der Waals surface area contributed by atoms with E-state index in [-0.39, 0.29) is 11.3 Å². The molecule has 0 radical (unpaired) electrons. The van der Waals surface area contributed by atoms with Crippen molar-refractivity contribution in [3.8, 4) is 0 Å². The zero-order chi connectivity index (χ0) is 20.4. The Morgan fingerprint density at radius 1 is 1.04 bits per heavy atom. The summed E-state index contributed by atoms with van der Waals surface area (Å²) < 4.78 is 77.0. The van der Waals surface area contributed by atoms with Crippen LogP contribution in [0.15, 0.2) is 24.3 Å². The molecule has 0 saturated carbocycles. The largest absolute Gasteiger partial charge is 0.433 e. The van der Waals surface area contributed by atoms with E-state index in [0.29, 0.717) is 12.1 Å². The summed E-state index contributed by atoms with van der Waals surface area (Å²) in [5, 5.41) is 4.03. The molecule has 11 heteroatoms. The molecule has 0 aliphatic carbocycles. The van der Waals surface area contributed by atoms with Crippen molar-refractivity contribution in [2.24, 2.45) is 0 Å². The molecule has 27 heavy (non-hydrogen) atoms. The fraction of sp³-hybridized carbons (Fsp3) is 0.188. The number of nitrogens with zero attached hydrogens (tertiary/aromatic N) is 1. The molecule has 5 nitrogen and oxygen atoms in total. The zero-order valence-electron chi connectivity index (χ0n) is 13.5. The standard InChI is InChI=1S/C16H11F6N3O2/c1-7-8(2-5-11(24-7)16(20,21)22)15(27)23-6-12(26)25-10-4-3-9(17)13(18)14(10)19/h2-5H,6H2,1H3,(H,23,27)(H,25,26). The van der Waals surface area contributed by atoms with E-state index in [9.17, 15) is 35.9 Å². The summed E-state index contributed by atoms with van der Waals surface area (Å²) in [5.74, 6) is -6.69. The lowest BCUT2D eigenvalue weighted by Crippen LogP contribution is -2.33. The number of anilines is 1. The minimum atomic E-state index is -4.67. The smallest absolute Gasteiger partial charge is 0.343 e. The van der Waals surface area contributed by atoms with Gasteiger partial charge in [-0.2, -0.15) is 13.2 Å². The van der Waals surface area contributed by atoms with E-state index < -0.39 is 53.4 Å². The van der Waals surface area contributed by atoms with E-state index in [1.54, 1.807) is 0 Å². The first-order chi connectivity index (χ1) is 12.5. The molecule has 0 bridgehead atoms. The van der Waals surface area contributed by atoms with E-state index in [2.05, 4.69) is 10.3 Å². The highest BCUT2D eigenvalue weighted by Gasteiger charge is 2.33. The van der Waals surface area contributed by atoms with Gasteiger partial charge in [-0.15, -0.1) is 0 Å². The molecule has 144 valence electrons. The molecular formula is C16H11F6N3O2. The Labute approximate surface area is 148 Å². The van der Waals surface area contributed by atoms with Crippen LogP contribution in [-0.2, 0) is 11.0 Å². The number of aryl methyl sites for hydroxylation is 1. The number of aromatic nitrogens is 1. The van der Waals surface area contributed by atoms with Gasteiger partial charge < -0.3 is 10.6 Å². The first-order valence-electron chi connectivity index (χ1n) is 7.27. The van der Waals surface area contributed by atoms with Crippen LogP contribution in [0.1, 0.15) is 21.7 Å². The number of pyridine rings is 1. The predicted molar refractivity (Wildman–Crippen MR) is 81.3 cm³/mol. The lowest BCUT2D eigenvalue weighted by molar-refractivity contribution is -0.141. The monoisotopic (exact) mass is 391 g/mol. The molecule has 2 N–H and O–H groups in total. The van der Waals surface area contributed by atoms with Crippen molar-refractivity contribution in [1.82, 2.24) is 10.3 Å². The first-order valence-corrected chi connectivity index (χ1v) is 7.27. The van der Waals surface area contributed by atoms with Crippen LogP contribution in [0.2, 0.25) is 0 Å². The predicted octanol–water partition coefficient (Wildman–Crippen LogP) is 3.19. The summed E-state index contributed by atoms with van der Waals surface area (Å²) in [6.45, 7) is 0.485. The Hall–Kier alpha value is -3.11. The van der Waals surface area contributed by atoms with Crippen molar-refractivity contribution in [2.75, 3.05) is 11.9 Å². The van der Waals surface area contributed by atoms with Gasteiger partial charge in [0.1, 0.15) is 5.69 Å². The Bertz CT molecular complexity index is 898. The van der Waals surface area contributed by atoms with Crippen LogP contribution >= 0.6 is 0 Å². The molecule has 0 unspecified atom stereocenters. The van der Waals surface area contributed by atoms with Crippen LogP contribution in [0.3, 0.4) is 0 Å². The summed E-state index contributed by atoms with van der Waals surface area (Å²) >= 11 is 0. The lowest BCUT2D eigenvalue weighted by Gasteiger charge is -2.11. The van der Waals surface area contributed by atoms with Gasteiger partial charge in [-0.25, -0.2) is 18.2 Å². The molecule has 0 aliphatic rings. The van der Waals surface area contributed by atoms with Gasteiger partial charge in [-0.05, 0) is 31.2 Å². The number of alkyl halides is 3. The zero-order valence-corrected chi connectivity index (χ0v) is 13.5. The van der Waals surface area contributed by atoms with E-state index in [4.69, 9.17) is 0 Å². The highest BCUT2D eigenvalue weighted by Crippen LogP contribution is 2.28. The average Bonchev–Trinajstić information content (AvgIpc) is 2.59. The molecular weight excluding hydrogens is 380 g/mol. The number of carbonyl (C=O) groups is 2. The highest BCUT2D eigenvalue weighted by atomic mass is 19.4. The van der Waals surface area contributed by atoms with Gasteiger partial charge in [-0.3, -0.25) is 9.59 Å². The van der Waals surface area contributed by atoms with E-state index in [0.717, 1.165) is 12.1 Å². The second kappa shape index (κ2) is 7.64. The fourth-order valence-electron chi connectivity index (χ4n) is 2.03. The number of nitrogens with one attached hydrogen (secondary N) is 2. The molecule has 0 spiro atoms. The van der Waals surface area contributed by atoms with Crippen LogP contribution in [0.4, 0.5) is 32.0 Å². The molecule has 2 aromatic rings. The van der Waals surface area contributed by atoms with E-state index >= 15 is 0 Å². The fourth-order valence-corrected chi connectivity index (χ4v) is 2.03. The topological polar surface area (TPSA) is 71.1 Å². The Morgan fingerprint density at radius 2 is 1.70 bits per heavy atom. The molecule has 1 aromatic carbocycles. The number of halogens is 6. The number of amides is 2. The van der Waals surface area contributed by atoms with Crippen molar-refractivity contribution in [2.45, 2.75) is 13.1 Å². The Morgan fingerprint density at radius 3 is 2.30 bits per heavy atom. The van der Waals surface area contributed by atoms with Crippen LogP contribution in [0.5, 0.6) is 0 Å². The molecule has 2 amide bonds. The van der Waals surface area contributed by atoms with E-state index in [1.165, 1.54) is 6.92 Å². The van der Waals surface area contributed by atoms with Crippen molar-refractivity contribution in [1.29, 1.82) is 0 Å².